The van der Waals surface area contributed by atoms with Crippen molar-refractivity contribution in [1.29, 1.82) is 5.26 Å². The Kier molecular flexibility index (Phi) is 7.26. The maximum Gasteiger partial charge on any atom is 0.252 e. The van der Waals surface area contributed by atoms with Crippen LogP contribution in [0.5, 0.6) is 0 Å². The number of amides is 1. The summed E-state index contributed by atoms with van der Waals surface area (Å²) in [4.78, 5) is 12.1. The molecule has 1 aliphatic rings. The molecule has 0 spiro atoms. The molecule has 1 aliphatic heterocycles. The van der Waals surface area contributed by atoms with Gasteiger partial charge in [-0.25, -0.2) is 0 Å². The quantitative estimate of drug-likeness (QED) is 0.370. The van der Waals surface area contributed by atoms with E-state index in [2.05, 4.69) is 5.32 Å². The number of hydrogen-bond donors (Lipinski definition) is 6. The highest BCUT2D eigenvalue weighted by Crippen LogP contribution is 2.33. The molecule has 170 valence electrons. The molecule has 0 bridgehead atoms. The Morgan fingerprint density at radius 2 is 1.78 bits per heavy atom. The van der Waals surface area contributed by atoms with Gasteiger partial charge in [0.05, 0.1) is 23.8 Å². The maximum atomic E-state index is 12.1. The first-order valence-electron chi connectivity index (χ1n) is 10.1. The molecule has 1 fully saturated rings. The van der Waals surface area contributed by atoms with E-state index in [1.54, 1.807) is 43.3 Å². The number of rotatable bonds is 5. The minimum absolute atomic E-state index is 0.246. The summed E-state index contributed by atoms with van der Waals surface area (Å²) < 4.78 is 5.46. The molecule has 32 heavy (non-hydrogen) atoms. The molecule has 9 nitrogen and oxygen atoms in total. The number of nitrogens with one attached hydrogen (secondary N) is 1. The molecule has 6 atom stereocenters. The first-order valence-corrected chi connectivity index (χ1v) is 10.1. The highest BCUT2D eigenvalue weighted by molar-refractivity contribution is 5.97. The zero-order valence-electron chi connectivity index (χ0n) is 17.6. The van der Waals surface area contributed by atoms with Crippen LogP contribution in [0.4, 0.5) is 0 Å². The molecular weight excluding hydrogens is 416 g/mol. The second kappa shape index (κ2) is 9.75. The number of benzene rings is 2. The fraction of sp³-hybridized carbons (Fsp3) is 0.391. The number of carbonyl (C=O) groups excluding carboxylic acids is 1. The number of hydrogen-bond acceptors (Lipinski definition) is 8. The van der Waals surface area contributed by atoms with Crippen LogP contribution in [-0.4, -0.2) is 75.6 Å². The summed E-state index contributed by atoms with van der Waals surface area (Å²) in [6.07, 6.45) is -8.36. The maximum absolute atomic E-state index is 12.1. The Morgan fingerprint density at radius 3 is 2.38 bits per heavy atom. The van der Waals surface area contributed by atoms with E-state index in [1.807, 2.05) is 6.07 Å². The van der Waals surface area contributed by atoms with Crippen molar-refractivity contribution < 1.29 is 35.1 Å². The molecular formula is C23H26N2O7. The third-order valence-corrected chi connectivity index (χ3v) is 5.77. The predicted molar refractivity (Wildman–Crippen MR) is 113 cm³/mol. The van der Waals surface area contributed by atoms with Crippen molar-refractivity contribution in [1.82, 2.24) is 5.32 Å². The molecule has 0 radical (unpaired) electrons. The minimum Gasteiger partial charge on any atom is -0.394 e. The van der Waals surface area contributed by atoms with Crippen molar-refractivity contribution in [2.75, 3.05) is 13.7 Å². The van der Waals surface area contributed by atoms with Crippen molar-refractivity contribution in [3.63, 3.8) is 0 Å². The van der Waals surface area contributed by atoms with Crippen LogP contribution in [0.25, 0.3) is 11.1 Å². The third kappa shape index (κ3) is 4.38. The number of aliphatic hydroxyl groups excluding tert-OH is 5. The molecule has 1 amide bonds. The van der Waals surface area contributed by atoms with Gasteiger partial charge in [0, 0.05) is 7.05 Å². The second-order valence-corrected chi connectivity index (χ2v) is 7.76. The molecule has 0 aromatic heterocycles. The van der Waals surface area contributed by atoms with Gasteiger partial charge in [-0.2, -0.15) is 5.26 Å². The van der Waals surface area contributed by atoms with E-state index >= 15 is 0 Å². The number of nitrogens with zero attached hydrogens (tertiary/aromatic N) is 1. The third-order valence-electron chi connectivity index (χ3n) is 5.77. The van der Waals surface area contributed by atoms with Gasteiger partial charge in [0.1, 0.15) is 36.6 Å². The highest BCUT2D eigenvalue weighted by Gasteiger charge is 2.46. The van der Waals surface area contributed by atoms with Crippen LogP contribution in [0.1, 0.15) is 33.2 Å². The molecule has 2 aromatic rings. The van der Waals surface area contributed by atoms with Crippen LogP contribution in [0, 0.1) is 18.3 Å². The molecule has 6 N–H and O–H groups in total. The van der Waals surface area contributed by atoms with Gasteiger partial charge >= 0.3 is 0 Å². The summed E-state index contributed by atoms with van der Waals surface area (Å²) >= 11 is 0. The number of nitriles is 1. The summed E-state index contributed by atoms with van der Waals surface area (Å²) in [5.41, 5.74) is 3.01. The molecule has 0 saturated carbocycles. The van der Waals surface area contributed by atoms with Gasteiger partial charge in [-0.05, 0) is 41.3 Å². The smallest absolute Gasteiger partial charge is 0.252 e. The average Bonchev–Trinajstić information content (AvgIpc) is 2.81. The van der Waals surface area contributed by atoms with Crippen LogP contribution < -0.4 is 5.32 Å². The van der Waals surface area contributed by atoms with E-state index in [0.717, 1.165) is 5.56 Å². The van der Waals surface area contributed by atoms with Crippen LogP contribution in [0.2, 0.25) is 0 Å². The van der Waals surface area contributed by atoms with E-state index in [4.69, 9.17) is 4.74 Å². The van der Waals surface area contributed by atoms with Gasteiger partial charge in [-0.15, -0.1) is 0 Å². The summed E-state index contributed by atoms with van der Waals surface area (Å²) in [5.74, 6) is -0.380. The van der Waals surface area contributed by atoms with E-state index in [9.17, 15) is 35.6 Å². The van der Waals surface area contributed by atoms with Crippen LogP contribution >= 0.6 is 0 Å². The van der Waals surface area contributed by atoms with E-state index < -0.39 is 43.2 Å². The monoisotopic (exact) mass is 442 g/mol. The first kappa shape index (κ1) is 23.8. The standard InChI is InChI=1S/C23H26N2O7/c1-11-7-12(13-3-4-14(9-24)16(8-13)23(31)25-2)5-6-15(11)18(27)22-21(30)20(29)19(28)17(10-26)32-22/h3-8,17-22,26-30H,10H2,1-2H3,(H,25,31)/t17?,18-,19-,20+,21?,22-/m1/s1. The molecule has 3 rings (SSSR count). The Balaban J connectivity index is 1.92. The summed E-state index contributed by atoms with van der Waals surface area (Å²) in [6.45, 7) is 1.16. The molecule has 9 heteroatoms. The number of aryl methyl sites for hydroxylation is 1. The van der Waals surface area contributed by atoms with Crippen molar-refractivity contribution in [2.45, 2.75) is 43.5 Å². The van der Waals surface area contributed by atoms with Gasteiger partial charge in [0.2, 0.25) is 0 Å². The van der Waals surface area contributed by atoms with Gasteiger partial charge in [-0.3, -0.25) is 4.79 Å². The van der Waals surface area contributed by atoms with E-state index in [0.29, 0.717) is 16.7 Å². The zero-order valence-corrected chi connectivity index (χ0v) is 17.6. The van der Waals surface area contributed by atoms with Crippen molar-refractivity contribution in [3.8, 4) is 17.2 Å². The van der Waals surface area contributed by atoms with Crippen LogP contribution in [-0.2, 0) is 4.74 Å². The fourth-order valence-electron chi connectivity index (χ4n) is 3.90. The lowest BCUT2D eigenvalue weighted by molar-refractivity contribution is -0.250. The minimum atomic E-state index is -1.58. The number of aliphatic hydroxyl groups is 5. The number of ether oxygens (including phenoxy) is 1. The normalized spacial score (nSPS) is 26.2. The second-order valence-electron chi connectivity index (χ2n) is 7.76. The summed E-state index contributed by atoms with van der Waals surface area (Å²) in [7, 11) is 1.48. The molecule has 2 unspecified atom stereocenters. The largest absolute Gasteiger partial charge is 0.394 e. The van der Waals surface area contributed by atoms with Gasteiger partial charge in [0.15, 0.2) is 0 Å². The zero-order chi connectivity index (χ0) is 23.6. The Morgan fingerprint density at radius 1 is 1.12 bits per heavy atom. The average molecular weight is 442 g/mol. The van der Waals surface area contributed by atoms with Crippen molar-refractivity contribution >= 4 is 5.91 Å². The van der Waals surface area contributed by atoms with Crippen LogP contribution in [0.3, 0.4) is 0 Å². The van der Waals surface area contributed by atoms with E-state index in [1.165, 1.54) is 7.05 Å². The lowest BCUT2D eigenvalue weighted by Crippen LogP contribution is -2.59. The first-order chi connectivity index (χ1) is 15.2. The van der Waals surface area contributed by atoms with Crippen molar-refractivity contribution in [2.24, 2.45) is 0 Å². The molecule has 1 heterocycles. The van der Waals surface area contributed by atoms with Gasteiger partial charge < -0.3 is 35.6 Å². The lowest BCUT2D eigenvalue weighted by atomic mass is 9.87. The topological polar surface area (TPSA) is 163 Å². The molecule has 0 aliphatic carbocycles. The number of carbonyl (C=O) groups is 1. The Hall–Kier alpha value is -2.84. The highest BCUT2D eigenvalue weighted by atomic mass is 16.6. The SMILES string of the molecule is CNC(=O)c1cc(-c2ccc([C@@H](O)[C@H]3OC(CO)[C@@H](O)[C@H](O)C3O)c(C)c2)ccc1C#N. The van der Waals surface area contributed by atoms with Gasteiger partial charge in [0.25, 0.3) is 5.91 Å². The lowest BCUT2D eigenvalue weighted by Gasteiger charge is -2.42. The molecule has 1 saturated heterocycles. The van der Waals surface area contributed by atoms with Gasteiger partial charge in [-0.1, -0.05) is 24.3 Å². The Bertz CT molecular complexity index is 1030. The Labute approximate surface area is 185 Å². The summed E-state index contributed by atoms with van der Waals surface area (Å²) in [5, 5.41) is 62.2. The summed E-state index contributed by atoms with van der Waals surface area (Å²) in [6, 6.07) is 12.0. The van der Waals surface area contributed by atoms with Crippen molar-refractivity contribution in [3.05, 3.63) is 58.7 Å². The fourth-order valence-corrected chi connectivity index (χ4v) is 3.90. The predicted octanol–water partition coefficient (Wildman–Crippen LogP) is -0.231. The molecule has 2 aromatic carbocycles. The van der Waals surface area contributed by atoms with Crippen LogP contribution in [0.15, 0.2) is 36.4 Å². The van der Waals surface area contributed by atoms with E-state index in [-0.39, 0.29) is 17.0 Å².